The van der Waals surface area contributed by atoms with E-state index < -0.39 is 29.2 Å². The molecular formula is C35H37F3N6O5. The monoisotopic (exact) mass is 678 g/mol. The van der Waals surface area contributed by atoms with Crippen molar-refractivity contribution in [2.24, 2.45) is 0 Å². The van der Waals surface area contributed by atoms with Crippen molar-refractivity contribution >= 4 is 23.4 Å². The molecule has 3 aromatic carbocycles. The number of hydrazine groups is 1. The number of aliphatic hydroxyl groups is 1. The van der Waals surface area contributed by atoms with Gasteiger partial charge in [-0.1, -0.05) is 12.1 Å². The van der Waals surface area contributed by atoms with E-state index in [2.05, 4.69) is 10.7 Å². The summed E-state index contributed by atoms with van der Waals surface area (Å²) in [6.07, 6.45) is 0.181. The predicted molar refractivity (Wildman–Crippen MR) is 175 cm³/mol. The zero-order valence-electron chi connectivity index (χ0n) is 27.7. The summed E-state index contributed by atoms with van der Waals surface area (Å²) in [5.74, 6) is -4.58. The summed E-state index contributed by atoms with van der Waals surface area (Å²) >= 11 is 0. The van der Waals surface area contributed by atoms with E-state index in [-0.39, 0.29) is 53.4 Å². The topological polar surface area (TPSA) is 138 Å². The summed E-state index contributed by atoms with van der Waals surface area (Å²) in [5, 5.41) is 22.9. The molecule has 0 radical (unpaired) electrons. The van der Waals surface area contributed by atoms with E-state index in [1.807, 2.05) is 6.07 Å². The quantitative estimate of drug-likeness (QED) is 0.327. The first-order valence-electron chi connectivity index (χ1n) is 15.2. The molecule has 1 fully saturated rings. The summed E-state index contributed by atoms with van der Waals surface area (Å²) in [4.78, 5) is 40.2. The minimum absolute atomic E-state index is 0.0486. The maximum atomic E-state index is 15.0. The average Bonchev–Trinajstić information content (AvgIpc) is 3.47. The van der Waals surface area contributed by atoms with Gasteiger partial charge in [-0.05, 0) is 68.4 Å². The van der Waals surface area contributed by atoms with E-state index in [4.69, 9.17) is 4.74 Å². The Hall–Kier alpha value is -5.39. The number of piperazine rings is 1. The van der Waals surface area contributed by atoms with Crippen molar-refractivity contribution in [2.75, 3.05) is 45.7 Å². The molecule has 3 amide bonds. The number of hydrogen-bond donors (Lipinski definition) is 3. The SMILES string of the molecule is CN(C)C(=O)CC(C)(C)O.COc1ccc(C(=O)NC2=C3C(=O)N(c4ccc(C(F)(F)c5ccc(F)cc5)cc4)CCN3NC2)cc1C#N. The van der Waals surface area contributed by atoms with Crippen molar-refractivity contribution in [3.05, 3.63) is 106 Å². The number of carbonyl (C=O) groups excluding carboxylic acids is 3. The normalized spacial score (nSPS) is 14.4. The summed E-state index contributed by atoms with van der Waals surface area (Å²) in [6.45, 7) is 4.12. The highest BCUT2D eigenvalue weighted by Crippen LogP contribution is 2.37. The summed E-state index contributed by atoms with van der Waals surface area (Å²) in [5.41, 5.74) is 2.95. The molecule has 0 aliphatic carbocycles. The number of ether oxygens (including phenoxy) is 1. The van der Waals surface area contributed by atoms with Crippen molar-refractivity contribution < 1.29 is 37.4 Å². The molecule has 49 heavy (non-hydrogen) atoms. The molecule has 2 heterocycles. The van der Waals surface area contributed by atoms with Gasteiger partial charge in [0, 0.05) is 43.0 Å². The van der Waals surface area contributed by atoms with Crippen molar-refractivity contribution in [3.8, 4) is 11.8 Å². The van der Waals surface area contributed by atoms with Crippen LogP contribution in [0.15, 0.2) is 78.1 Å². The molecule has 11 nitrogen and oxygen atoms in total. The molecule has 0 aromatic heterocycles. The molecular weight excluding hydrogens is 641 g/mol. The number of nitrogens with zero attached hydrogens (tertiary/aromatic N) is 4. The fourth-order valence-corrected chi connectivity index (χ4v) is 5.07. The lowest BCUT2D eigenvalue weighted by molar-refractivity contribution is -0.132. The van der Waals surface area contributed by atoms with Gasteiger partial charge < -0.3 is 25.0 Å². The Morgan fingerprint density at radius 1 is 1.04 bits per heavy atom. The standard InChI is InChI=1S/C28H22F3N5O3.C7H15NO2/c1-39-24-11-2-17(14-18(24)15-32)26(37)34-23-16-33-36-13-12-35(27(38)25(23)36)22-9-5-20(6-10-22)28(30,31)19-3-7-21(29)8-4-19;1-7(2,10)5-6(9)8(3)4/h2-11,14,33H,12-13,16H2,1H3,(H,34,37);10H,5H2,1-4H3. The molecule has 258 valence electrons. The molecule has 3 N–H and O–H groups in total. The number of methoxy groups -OCH3 is 1. The van der Waals surface area contributed by atoms with Crippen LogP contribution >= 0.6 is 0 Å². The minimum Gasteiger partial charge on any atom is -0.495 e. The van der Waals surface area contributed by atoms with E-state index in [1.165, 1.54) is 59.4 Å². The number of amides is 3. The Morgan fingerprint density at radius 2 is 1.65 bits per heavy atom. The van der Waals surface area contributed by atoms with E-state index in [1.54, 1.807) is 33.0 Å². The minimum atomic E-state index is -3.35. The Labute approximate surface area is 282 Å². The Morgan fingerprint density at radius 3 is 2.18 bits per heavy atom. The molecule has 5 rings (SSSR count). The van der Waals surface area contributed by atoms with Crippen molar-refractivity contribution in [1.29, 1.82) is 5.26 Å². The molecule has 0 atom stereocenters. The van der Waals surface area contributed by atoms with Gasteiger partial charge in [0.25, 0.3) is 17.7 Å². The van der Waals surface area contributed by atoms with Gasteiger partial charge in [-0.25, -0.2) is 9.82 Å². The largest absolute Gasteiger partial charge is 0.495 e. The van der Waals surface area contributed by atoms with Gasteiger partial charge >= 0.3 is 0 Å². The number of halogens is 3. The predicted octanol–water partition coefficient (Wildman–Crippen LogP) is 3.89. The lowest BCUT2D eigenvalue weighted by Crippen LogP contribution is -2.50. The maximum Gasteiger partial charge on any atom is 0.298 e. The van der Waals surface area contributed by atoms with Crippen LogP contribution in [0.1, 0.15) is 47.3 Å². The average molecular weight is 679 g/mol. The molecule has 14 heteroatoms. The lowest BCUT2D eigenvalue weighted by Gasteiger charge is -2.34. The summed E-state index contributed by atoms with van der Waals surface area (Å²) in [7, 11) is 4.77. The van der Waals surface area contributed by atoms with Gasteiger partial charge in [-0.2, -0.15) is 14.0 Å². The zero-order valence-corrected chi connectivity index (χ0v) is 27.7. The van der Waals surface area contributed by atoms with Gasteiger partial charge in [0.15, 0.2) is 0 Å². The van der Waals surface area contributed by atoms with Crippen LogP contribution < -0.4 is 20.4 Å². The fraction of sp³-hybridized carbons (Fsp3) is 0.314. The smallest absolute Gasteiger partial charge is 0.298 e. The van der Waals surface area contributed by atoms with Gasteiger partial charge in [-0.15, -0.1) is 0 Å². The van der Waals surface area contributed by atoms with Crippen LogP contribution in [0.2, 0.25) is 0 Å². The number of nitriles is 1. The van der Waals surface area contributed by atoms with E-state index >= 15 is 0 Å². The number of alkyl halides is 2. The first kappa shape index (κ1) is 36.4. The summed E-state index contributed by atoms with van der Waals surface area (Å²) in [6, 6.07) is 15.8. The van der Waals surface area contributed by atoms with Crippen LogP contribution in [0, 0.1) is 17.1 Å². The molecule has 3 aromatic rings. The fourth-order valence-electron chi connectivity index (χ4n) is 5.07. The molecule has 2 aliphatic rings. The second-order valence-electron chi connectivity index (χ2n) is 12.2. The molecule has 2 aliphatic heterocycles. The van der Waals surface area contributed by atoms with Crippen LogP contribution in [-0.4, -0.2) is 79.2 Å². The number of nitrogens with one attached hydrogen (secondary N) is 2. The highest BCUT2D eigenvalue weighted by atomic mass is 19.3. The van der Waals surface area contributed by atoms with Crippen molar-refractivity contribution in [2.45, 2.75) is 31.8 Å². The molecule has 0 spiro atoms. The van der Waals surface area contributed by atoms with Crippen LogP contribution in [-0.2, 0) is 15.5 Å². The number of hydrogen-bond acceptors (Lipinski definition) is 8. The third-order valence-corrected chi connectivity index (χ3v) is 7.67. The van der Waals surface area contributed by atoms with Gasteiger partial charge in [0.1, 0.15) is 23.3 Å². The Balaban J connectivity index is 0.000000471. The van der Waals surface area contributed by atoms with Crippen LogP contribution in [0.5, 0.6) is 5.75 Å². The third-order valence-electron chi connectivity index (χ3n) is 7.67. The Kier molecular flexibility index (Phi) is 11.0. The molecule has 0 bridgehead atoms. The second kappa shape index (κ2) is 14.8. The first-order chi connectivity index (χ1) is 23.0. The first-order valence-corrected chi connectivity index (χ1v) is 15.2. The third kappa shape index (κ3) is 8.56. The van der Waals surface area contributed by atoms with E-state index in [0.717, 1.165) is 24.3 Å². The van der Waals surface area contributed by atoms with Crippen molar-refractivity contribution in [1.82, 2.24) is 20.7 Å². The number of rotatable bonds is 8. The van der Waals surface area contributed by atoms with Gasteiger partial charge in [0.05, 0.1) is 43.5 Å². The summed E-state index contributed by atoms with van der Waals surface area (Å²) < 4.78 is 48.2. The molecule has 0 unspecified atom stereocenters. The van der Waals surface area contributed by atoms with Crippen LogP contribution in [0.3, 0.4) is 0 Å². The van der Waals surface area contributed by atoms with Gasteiger partial charge in [0.2, 0.25) is 5.91 Å². The Bertz CT molecular complexity index is 1780. The number of anilines is 1. The second-order valence-corrected chi connectivity index (χ2v) is 12.2. The molecule has 1 saturated heterocycles. The van der Waals surface area contributed by atoms with E-state index in [0.29, 0.717) is 23.7 Å². The number of carbonyl (C=O) groups is 3. The van der Waals surface area contributed by atoms with Gasteiger partial charge in [-0.3, -0.25) is 19.4 Å². The van der Waals surface area contributed by atoms with Crippen molar-refractivity contribution in [3.63, 3.8) is 0 Å². The lowest BCUT2D eigenvalue weighted by atomic mass is 10.00. The zero-order chi connectivity index (χ0) is 36.1. The highest BCUT2D eigenvalue weighted by Gasteiger charge is 2.38. The van der Waals surface area contributed by atoms with E-state index in [9.17, 15) is 37.9 Å². The van der Waals surface area contributed by atoms with Crippen LogP contribution in [0.4, 0.5) is 18.9 Å². The van der Waals surface area contributed by atoms with Crippen LogP contribution in [0.25, 0.3) is 0 Å². The molecule has 0 saturated carbocycles. The highest BCUT2D eigenvalue weighted by molar-refractivity contribution is 6.07. The number of benzene rings is 3. The maximum absolute atomic E-state index is 15.0. The number of fused-ring (bicyclic) bond motifs is 1.